The molecule has 0 unspecified atom stereocenters. The monoisotopic (exact) mass is 213 g/mol. The van der Waals surface area contributed by atoms with Crippen molar-refractivity contribution in [3.05, 3.63) is 21.7 Å². The minimum Gasteiger partial charge on any atom is -0.478 e. The van der Waals surface area contributed by atoms with Crippen LogP contribution in [0.1, 0.15) is 15.6 Å². The van der Waals surface area contributed by atoms with Gasteiger partial charge in [0.15, 0.2) is 0 Å². The van der Waals surface area contributed by atoms with Gasteiger partial charge in [-0.3, -0.25) is 0 Å². The molecule has 1 heterocycles. The predicted molar refractivity (Wildman–Crippen MR) is 54.2 cm³/mol. The highest BCUT2D eigenvalue weighted by Crippen LogP contribution is 2.19. The number of carboxylic acid groups (broad SMARTS) is 1. The van der Waals surface area contributed by atoms with Gasteiger partial charge in [-0.25, -0.2) is 9.78 Å². The van der Waals surface area contributed by atoms with Gasteiger partial charge < -0.3 is 9.84 Å². The third-order valence-electron chi connectivity index (χ3n) is 1.52. The number of aromatic nitrogens is 1. The van der Waals surface area contributed by atoms with Crippen molar-refractivity contribution in [3.8, 4) is 0 Å². The number of hydrogen-bond donors (Lipinski definition) is 1. The van der Waals surface area contributed by atoms with Crippen LogP contribution in [0.2, 0.25) is 0 Å². The van der Waals surface area contributed by atoms with Gasteiger partial charge in [-0.05, 0) is 13.0 Å². The quantitative estimate of drug-likeness (QED) is 0.773. The molecule has 14 heavy (non-hydrogen) atoms. The standard InChI is InChI=1S/C9H11NO3S/c1-6-7(3-4-9(11)12)14-8(10-6)5-13-2/h3-4H,5H2,1-2H3,(H,11,12)/b4-3+. The molecule has 0 radical (unpaired) electrons. The van der Waals surface area contributed by atoms with E-state index >= 15 is 0 Å². The van der Waals surface area contributed by atoms with Crippen LogP contribution in [0.4, 0.5) is 0 Å². The molecule has 1 rings (SSSR count). The van der Waals surface area contributed by atoms with Crippen molar-refractivity contribution in [2.75, 3.05) is 7.11 Å². The largest absolute Gasteiger partial charge is 0.478 e. The number of thiazole rings is 1. The van der Waals surface area contributed by atoms with Gasteiger partial charge in [0, 0.05) is 13.2 Å². The minimum atomic E-state index is -0.953. The van der Waals surface area contributed by atoms with E-state index in [0.29, 0.717) is 6.61 Å². The molecule has 0 fully saturated rings. The molecule has 0 aliphatic rings. The van der Waals surface area contributed by atoms with Crippen molar-refractivity contribution in [2.24, 2.45) is 0 Å². The SMILES string of the molecule is COCc1nc(C)c(/C=C/C(=O)O)s1. The molecule has 0 saturated carbocycles. The van der Waals surface area contributed by atoms with E-state index in [2.05, 4.69) is 4.98 Å². The van der Waals surface area contributed by atoms with Gasteiger partial charge in [-0.1, -0.05) is 0 Å². The van der Waals surface area contributed by atoms with Crippen LogP contribution < -0.4 is 0 Å². The highest BCUT2D eigenvalue weighted by atomic mass is 32.1. The van der Waals surface area contributed by atoms with Gasteiger partial charge in [0.25, 0.3) is 0 Å². The summed E-state index contributed by atoms with van der Waals surface area (Å²) < 4.78 is 4.93. The molecule has 4 nitrogen and oxygen atoms in total. The lowest BCUT2D eigenvalue weighted by molar-refractivity contribution is -0.131. The summed E-state index contributed by atoms with van der Waals surface area (Å²) in [6.45, 7) is 2.31. The van der Waals surface area contributed by atoms with E-state index in [0.717, 1.165) is 21.7 Å². The Labute approximate surface area is 85.9 Å². The number of rotatable bonds is 4. The van der Waals surface area contributed by atoms with Crippen LogP contribution in [0.15, 0.2) is 6.08 Å². The van der Waals surface area contributed by atoms with Gasteiger partial charge >= 0.3 is 5.97 Å². The Morgan fingerprint density at radius 2 is 2.43 bits per heavy atom. The van der Waals surface area contributed by atoms with Gasteiger partial charge in [0.05, 0.1) is 17.2 Å². The number of ether oxygens (including phenoxy) is 1. The zero-order chi connectivity index (χ0) is 10.6. The number of methoxy groups -OCH3 is 1. The van der Waals surface area contributed by atoms with Crippen LogP contribution in [-0.2, 0) is 16.1 Å². The lowest BCUT2D eigenvalue weighted by atomic mass is 10.3. The van der Waals surface area contributed by atoms with Crippen LogP contribution in [0.3, 0.4) is 0 Å². The van der Waals surface area contributed by atoms with Crippen molar-refractivity contribution in [2.45, 2.75) is 13.5 Å². The van der Waals surface area contributed by atoms with E-state index in [4.69, 9.17) is 9.84 Å². The first-order valence-corrected chi connectivity index (χ1v) is 4.81. The number of carbonyl (C=O) groups is 1. The Kier molecular flexibility index (Phi) is 3.79. The number of hydrogen-bond acceptors (Lipinski definition) is 4. The second-order valence-corrected chi connectivity index (χ2v) is 3.78. The lowest BCUT2D eigenvalue weighted by Crippen LogP contribution is -1.85. The van der Waals surface area contributed by atoms with E-state index in [1.54, 1.807) is 13.2 Å². The zero-order valence-corrected chi connectivity index (χ0v) is 8.80. The van der Waals surface area contributed by atoms with Crippen LogP contribution >= 0.6 is 11.3 Å². The summed E-state index contributed by atoms with van der Waals surface area (Å²) in [5, 5.41) is 9.31. The maximum atomic E-state index is 10.3. The molecule has 0 spiro atoms. The summed E-state index contributed by atoms with van der Waals surface area (Å²) in [7, 11) is 1.60. The summed E-state index contributed by atoms with van der Waals surface area (Å²) in [5.41, 5.74) is 0.833. The van der Waals surface area contributed by atoms with E-state index in [1.807, 2.05) is 6.92 Å². The van der Waals surface area contributed by atoms with E-state index < -0.39 is 5.97 Å². The maximum Gasteiger partial charge on any atom is 0.328 e. The number of carboxylic acids is 1. The summed E-state index contributed by atoms with van der Waals surface area (Å²) in [6, 6.07) is 0. The number of aryl methyl sites for hydroxylation is 1. The van der Waals surface area contributed by atoms with Gasteiger partial charge in [0.1, 0.15) is 5.01 Å². The third kappa shape index (κ3) is 2.93. The average molecular weight is 213 g/mol. The molecule has 5 heteroatoms. The number of aliphatic carboxylic acids is 1. The van der Waals surface area contributed by atoms with E-state index in [-0.39, 0.29) is 0 Å². The molecule has 76 valence electrons. The Hall–Kier alpha value is -1.20. The van der Waals surface area contributed by atoms with Crippen LogP contribution in [0, 0.1) is 6.92 Å². The van der Waals surface area contributed by atoms with E-state index in [9.17, 15) is 4.79 Å². The van der Waals surface area contributed by atoms with Gasteiger partial charge in [-0.2, -0.15) is 0 Å². The normalized spacial score (nSPS) is 11.0. The fraction of sp³-hybridized carbons (Fsp3) is 0.333. The average Bonchev–Trinajstić information content (AvgIpc) is 2.44. The Bertz CT molecular complexity index is 357. The highest BCUT2D eigenvalue weighted by molar-refractivity contribution is 7.12. The first-order chi connectivity index (χ1) is 6.63. The predicted octanol–water partition coefficient (Wildman–Crippen LogP) is 1.70. The van der Waals surface area contributed by atoms with Crippen LogP contribution in [-0.4, -0.2) is 23.2 Å². The van der Waals surface area contributed by atoms with Crippen molar-refractivity contribution in [3.63, 3.8) is 0 Å². The minimum absolute atomic E-state index is 0.465. The van der Waals surface area contributed by atoms with Gasteiger partial charge in [0.2, 0.25) is 0 Å². The maximum absolute atomic E-state index is 10.3. The zero-order valence-electron chi connectivity index (χ0n) is 7.98. The molecular formula is C9H11NO3S. The second kappa shape index (κ2) is 4.88. The second-order valence-electron chi connectivity index (χ2n) is 2.66. The molecule has 0 amide bonds. The number of nitrogens with zero attached hydrogens (tertiary/aromatic N) is 1. The van der Waals surface area contributed by atoms with Crippen LogP contribution in [0.25, 0.3) is 6.08 Å². The van der Waals surface area contributed by atoms with Crippen molar-refractivity contribution >= 4 is 23.4 Å². The Morgan fingerprint density at radius 3 is 3.00 bits per heavy atom. The summed E-state index contributed by atoms with van der Waals surface area (Å²) in [6.07, 6.45) is 2.66. The molecule has 1 N–H and O–H groups in total. The van der Waals surface area contributed by atoms with Gasteiger partial charge in [-0.15, -0.1) is 11.3 Å². The first kappa shape index (κ1) is 10.9. The third-order valence-corrected chi connectivity index (χ3v) is 2.62. The smallest absolute Gasteiger partial charge is 0.328 e. The Balaban J connectivity index is 2.82. The highest BCUT2D eigenvalue weighted by Gasteiger charge is 2.04. The molecule has 0 aromatic carbocycles. The Morgan fingerprint density at radius 1 is 1.71 bits per heavy atom. The van der Waals surface area contributed by atoms with E-state index in [1.165, 1.54) is 11.3 Å². The fourth-order valence-corrected chi connectivity index (χ4v) is 1.90. The van der Waals surface area contributed by atoms with Crippen molar-refractivity contribution < 1.29 is 14.6 Å². The summed E-state index contributed by atoms with van der Waals surface area (Å²) >= 11 is 1.44. The molecule has 1 aromatic rings. The molecule has 0 saturated heterocycles. The molecule has 1 aromatic heterocycles. The first-order valence-electron chi connectivity index (χ1n) is 3.99. The fourth-order valence-electron chi connectivity index (χ4n) is 0.953. The summed E-state index contributed by atoms with van der Waals surface area (Å²) in [4.78, 5) is 15.4. The molecule has 0 aliphatic carbocycles. The molecular weight excluding hydrogens is 202 g/mol. The molecule has 0 bridgehead atoms. The molecule has 0 atom stereocenters. The van der Waals surface area contributed by atoms with Crippen molar-refractivity contribution in [1.82, 2.24) is 4.98 Å². The lowest BCUT2D eigenvalue weighted by Gasteiger charge is -1.88. The summed E-state index contributed by atoms with van der Waals surface area (Å²) in [5.74, 6) is -0.953. The van der Waals surface area contributed by atoms with Crippen LogP contribution in [0.5, 0.6) is 0 Å². The molecule has 0 aliphatic heterocycles. The topological polar surface area (TPSA) is 59.4 Å². The van der Waals surface area contributed by atoms with Crippen molar-refractivity contribution in [1.29, 1.82) is 0 Å².